The number of rotatable bonds is 2. The van der Waals surface area contributed by atoms with Crippen molar-refractivity contribution in [1.82, 2.24) is 4.98 Å². The lowest BCUT2D eigenvalue weighted by Crippen LogP contribution is -2.03. The fourth-order valence-corrected chi connectivity index (χ4v) is 2.23. The maximum Gasteiger partial charge on any atom is 0.0833 e. The molecule has 0 aliphatic carbocycles. The summed E-state index contributed by atoms with van der Waals surface area (Å²) in [6.45, 7) is 2.66. The molecule has 1 aromatic heterocycles. The van der Waals surface area contributed by atoms with Crippen molar-refractivity contribution in [3.05, 3.63) is 33.4 Å². The lowest BCUT2D eigenvalue weighted by atomic mass is 10.1. The number of aromatic nitrogens is 1. The zero-order valence-electron chi connectivity index (χ0n) is 8.81. The van der Waals surface area contributed by atoms with Crippen LogP contribution in [-0.2, 0) is 6.42 Å². The second-order valence-electron chi connectivity index (χ2n) is 3.55. The van der Waals surface area contributed by atoms with Gasteiger partial charge in [-0.2, -0.15) is 0 Å². The minimum absolute atomic E-state index is 0. The average Bonchev–Trinajstić information content (AvgIpc) is 2.52. The second kappa shape index (κ2) is 5.28. The van der Waals surface area contributed by atoms with Gasteiger partial charge in [-0.15, -0.1) is 12.4 Å². The third-order valence-corrected chi connectivity index (χ3v) is 3.38. The van der Waals surface area contributed by atoms with Gasteiger partial charge >= 0.3 is 0 Å². The number of benzene rings is 1. The van der Waals surface area contributed by atoms with E-state index >= 15 is 0 Å². The van der Waals surface area contributed by atoms with Crippen molar-refractivity contribution in [2.24, 2.45) is 5.73 Å². The van der Waals surface area contributed by atoms with Crippen LogP contribution < -0.4 is 5.73 Å². The second-order valence-corrected chi connectivity index (χ2v) is 4.34. The topological polar surface area (TPSA) is 41.8 Å². The van der Waals surface area contributed by atoms with E-state index < -0.39 is 0 Å². The molecule has 0 atom stereocenters. The monoisotopic (exact) mass is 278 g/mol. The minimum atomic E-state index is 0. The number of aromatic amines is 1. The Balaban J connectivity index is 0.00000128. The predicted octanol–water partition coefficient (Wildman–Crippen LogP) is 3.71. The molecule has 0 radical (unpaired) electrons. The van der Waals surface area contributed by atoms with Crippen LogP contribution in [0.3, 0.4) is 0 Å². The van der Waals surface area contributed by atoms with Gasteiger partial charge in [-0.05, 0) is 31.5 Å². The molecule has 0 amide bonds. The molecule has 0 saturated heterocycles. The van der Waals surface area contributed by atoms with Gasteiger partial charge in [0.15, 0.2) is 0 Å². The zero-order valence-corrected chi connectivity index (χ0v) is 11.1. The summed E-state index contributed by atoms with van der Waals surface area (Å²) in [4.78, 5) is 3.25. The van der Waals surface area contributed by atoms with Crippen molar-refractivity contribution in [1.29, 1.82) is 0 Å². The Hall–Kier alpha value is -0.410. The summed E-state index contributed by atoms with van der Waals surface area (Å²) >= 11 is 12.1. The molecule has 0 unspecified atom stereocenters. The highest BCUT2D eigenvalue weighted by Gasteiger charge is 2.11. The Kier molecular flexibility index (Phi) is 4.51. The first-order valence-electron chi connectivity index (χ1n) is 4.80. The van der Waals surface area contributed by atoms with Crippen LogP contribution in [0.4, 0.5) is 0 Å². The Morgan fingerprint density at radius 1 is 1.31 bits per heavy atom. The van der Waals surface area contributed by atoms with Crippen LogP contribution in [0.5, 0.6) is 0 Å². The summed E-state index contributed by atoms with van der Waals surface area (Å²) in [5.74, 6) is 0. The maximum atomic E-state index is 6.12. The van der Waals surface area contributed by atoms with Crippen LogP contribution in [0.2, 0.25) is 10.0 Å². The van der Waals surface area contributed by atoms with Gasteiger partial charge in [0, 0.05) is 11.1 Å². The first-order chi connectivity index (χ1) is 7.15. The van der Waals surface area contributed by atoms with E-state index in [9.17, 15) is 0 Å². The van der Waals surface area contributed by atoms with Gasteiger partial charge in [0.2, 0.25) is 0 Å². The minimum Gasteiger partial charge on any atom is -0.357 e. The van der Waals surface area contributed by atoms with Gasteiger partial charge in [-0.25, -0.2) is 0 Å². The van der Waals surface area contributed by atoms with Crippen LogP contribution >= 0.6 is 35.6 Å². The molecule has 0 bridgehead atoms. The van der Waals surface area contributed by atoms with E-state index in [1.807, 2.05) is 19.1 Å². The summed E-state index contributed by atoms with van der Waals surface area (Å²) in [7, 11) is 0. The van der Waals surface area contributed by atoms with E-state index in [0.717, 1.165) is 23.0 Å². The van der Waals surface area contributed by atoms with Crippen molar-refractivity contribution in [3.63, 3.8) is 0 Å². The fourth-order valence-electron chi connectivity index (χ4n) is 1.86. The zero-order chi connectivity index (χ0) is 11.0. The summed E-state index contributed by atoms with van der Waals surface area (Å²) in [5.41, 5.74) is 8.82. The molecule has 88 valence electrons. The van der Waals surface area contributed by atoms with E-state index in [1.165, 1.54) is 5.56 Å². The van der Waals surface area contributed by atoms with Crippen LogP contribution in [0, 0.1) is 6.92 Å². The predicted molar refractivity (Wildman–Crippen MR) is 73.1 cm³/mol. The normalized spacial score (nSPS) is 10.5. The number of aryl methyl sites for hydroxylation is 1. The molecule has 0 saturated carbocycles. The van der Waals surface area contributed by atoms with E-state index in [4.69, 9.17) is 28.9 Å². The Labute approximate surface area is 111 Å². The van der Waals surface area contributed by atoms with Crippen molar-refractivity contribution in [2.75, 3.05) is 6.54 Å². The largest absolute Gasteiger partial charge is 0.357 e. The van der Waals surface area contributed by atoms with Crippen LogP contribution in [0.25, 0.3) is 10.9 Å². The molecular formula is C11H13Cl3N2. The molecule has 0 aliphatic heterocycles. The van der Waals surface area contributed by atoms with Crippen LogP contribution in [0.15, 0.2) is 12.1 Å². The number of nitrogens with two attached hydrogens (primary N) is 1. The van der Waals surface area contributed by atoms with E-state index in [-0.39, 0.29) is 12.4 Å². The molecule has 0 spiro atoms. The first kappa shape index (κ1) is 13.7. The van der Waals surface area contributed by atoms with E-state index in [1.54, 1.807) is 0 Å². The van der Waals surface area contributed by atoms with Crippen molar-refractivity contribution in [2.45, 2.75) is 13.3 Å². The highest BCUT2D eigenvalue weighted by atomic mass is 35.5. The van der Waals surface area contributed by atoms with Gasteiger partial charge in [0.25, 0.3) is 0 Å². The summed E-state index contributed by atoms with van der Waals surface area (Å²) in [6, 6.07) is 3.80. The number of hydrogen-bond acceptors (Lipinski definition) is 1. The molecule has 2 rings (SSSR count). The van der Waals surface area contributed by atoms with Gasteiger partial charge in [0.1, 0.15) is 0 Å². The molecule has 0 fully saturated rings. The van der Waals surface area contributed by atoms with Crippen LogP contribution in [-0.4, -0.2) is 11.5 Å². The third kappa shape index (κ3) is 2.16. The van der Waals surface area contributed by atoms with Crippen molar-refractivity contribution >= 4 is 46.5 Å². The quantitative estimate of drug-likeness (QED) is 0.864. The van der Waals surface area contributed by atoms with Gasteiger partial charge < -0.3 is 10.7 Å². The third-order valence-electron chi connectivity index (χ3n) is 2.58. The van der Waals surface area contributed by atoms with Crippen molar-refractivity contribution in [3.8, 4) is 0 Å². The van der Waals surface area contributed by atoms with Gasteiger partial charge in [-0.1, -0.05) is 29.3 Å². The SMILES string of the molecule is Cc1[nH]c2c(Cl)c(Cl)ccc2c1CCN.Cl. The molecule has 5 heteroatoms. The summed E-state index contributed by atoms with van der Waals surface area (Å²) < 4.78 is 0. The number of hydrogen-bond donors (Lipinski definition) is 2. The molecular weight excluding hydrogens is 266 g/mol. The number of H-pyrrole nitrogens is 1. The lowest BCUT2D eigenvalue weighted by molar-refractivity contribution is 0.963. The summed E-state index contributed by atoms with van der Waals surface area (Å²) in [6.07, 6.45) is 0.851. The Bertz CT molecular complexity index is 505. The molecule has 1 aromatic carbocycles. The summed E-state index contributed by atoms with van der Waals surface area (Å²) in [5, 5.41) is 2.28. The van der Waals surface area contributed by atoms with E-state index in [2.05, 4.69) is 4.98 Å². The van der Waals surface area contributed by atoms with Crippen LogP contribution in [0.1, 0.15) is 11.3 Å². The average molecular weight is 280 g/mol. The van der Waals surface area contributed by atoms with E-state index in [0.29, 0.717) is 16.6 Å². The molecule has 2 aromatic rings. The lowest BCUT2D eigenvalue weighted by Gasteiger charge is -1.99. The highest BCUT2D eigenvalue weighted by Crippen LogP contribution is 2.33. The number of nitrogens with one attached hydrogen (secondary N) is 1. The first-order valence-corrected chi connectivity index (χ1v) is 5.56. The molecule has 3 N–H and O–H groups in total. The standard InChI is InChI=1S/C11H12Cl2N2.ClH/c1-6-7(4-5-14)8-2-3-9(12)10(13)11(8)15-6;/h2-3,15H,4-5,14H2,1H3;1H. The maximum absolute atomic E-state index is 6.12. The molecule has 1 heterocycles. The van der Waals surface area contributed by atoms with Crippen molar-refractivity contribution < 1.29 is 0 Å². The molecule has 0 aliphatic rings. The molecule has 16 heavy (non-hydrogen) atoms. The highest BCUT2D eigenvalue weighted by molar-refractivity contribution is 6.45. The van der Waals surface area contributed by atoms with Gasteiger partial charge in [0.05, 0.1) is 15.6 Å². The Morgan fingerprint density at radius 2 is 2.00 bits per heavy atom. The smallest absolute Gasteiger partial charge is 0.0833 e. The molecule has 2 nitrogen and oxygen atoms in total. The number of halogens is 3. The fraction of sp³-hybridized carbons (Fsp3) is 0.273. The Morgan fingerprint density at radius 3 is 2.62 bits per heavy atom. The van der Waals surface area contributed by atoms with Gasteiger partial charge in [-0.3, -0.25) is 0 Å². The number of fused-ring (bicyclic) bond motifs is 1.